The lowest BCUT2D eigenvalue weighted by Gasteiger charge is -2.07. The monoisotopic (exact) mass is 265 g/mol. The predicted octanol–water partition coefficient (Wildman–Crippen LogP) is 1.37. The van der Waals surface area contributed by atoms with Crippen molar-refractivity contribution in [3.05, 3.63) is 59.4 Å². The van der Waals surface area contributed by atoms with Crippen LogP contribution >= 0.6 is 0 Å². The van der Waals surface area contributed by atoms with E-state index < -0.39 is 23.4 Å². The van der Waals surface area contributed by atoms with Crippen LogP contribution in [0.4, 0.5) is 8.78 Å². The van der Waals surface area contributed by atoms with Crippen LogP contribution < -0.4 is 10.9 Å². The first kappa shape index (κ1) is 12.7. The molecule has 1 heterocycles. The summed E-state index contributed by atoms with van der Waals surface area (Å²) >= 11 is 0. The van der Waals surface area contributed by atoms with Crippen LogP contribution in [0.15, 0.2) is 36.5 Å². The highest BCUT2D eigenvalue weighted by Crippen LogP contribution is 2.08. The Bertz CT molecular complexity index is 611. The number of hydrazine groups is 1. The maximum Gasteiger partial charge on any atom is 0.286 e. The molecule has 0 aliphatic heterocycles. The fraction of sp³-hybridized carbons (Fsp3) is 0. The molecule has 19 heavy (non-hydrogen) atoms. The van der Waals surface area contributed by atoms with Gasteiger partial charge in [-0.1, -0.05) is 0 Å². The Balaban J connectivity index is 2.00. The molecule has 0 fully saturated rings. The molecule has 1 aromatic heterocycles. The molecule has 2 amide bonds. The number of benzene rings is 1. The molecule has 0 aliphatic rings. The summed E-state index contributed by atoms with van der Waals surface area (Å²) in [5, 5.41) is 0. The van der Waals surface area contributed by atoms with E-state index >= 15 is 0 Å². The van der Waals surface area contributed by atoms with Gasteiger partial charge in [-0.2, -0.15) is 0 Å². The fourth-order valence-electron chi connectivity index (χ4n) is 1.39. The highest BCUT2D eigenvalue weighted by Gasteiger charge is 2.13. The van der Waals surface area contributed by atoms with E-state index in [1.54, 1.807) is 6.07 Å². The number of aromatic amines is 1. The highest BCUT2D eigenvalue weighted by molar-refractivity contribution is 5.98. The van der Waals surface area contributed by atoms with Crippen molar-refractivity contribution < 1.29 is 18.4 Å². The SMILES string of the molecule is O=C(NNC(=O)c1ccc(F)cc1F)c1ccc[nH]1. The Kier molecular flexibility index (Phi) is 3.56. The minimum atomic E-state index is -1.01. The molecule has 0 bridgehead atoms. The first-order chi connectivity index (χ1) is 9.08. The summed E-state index contributed by atoms with van der Waals surface area (Å²) in [7, 11) is 0. The van der Waals surface area contributed by atoms with Crippen molar-refractivity contribution in [3.8, 4) is 0 Å². The van der Waals surface area contributed by atoms with Crippen molar-refractivity contribution in [2.75, 3.05) is 0 Å². The van der Waals surface area contributed by atoms with E-state index in [2.05, 4.69) is 10.4 Å². The van der Waals surface area contributed by atoms with Crippen molar-refractivity contribution in [2.24, 2.45) is 0 Å². The number of carbonyl (C=O) groups is 2. The van der Waals surface area contributed by atoms with Gasteiger partial charge in [0.15, 0.2) is 0 Å². The first-order valence-electron chi connectivity index (χ1n) is 5.27. The summed E-state index contributed by atoms with van der Waals surface area (Å²) in [6, 6.07) is 5.63. The van der Waals surface area contributed by atoms with E-state index in [9.17, 15) is 18.4 Å². The van der Waals surface area contributed by atoms with Crippen LogP contribution in [0.2, 0.25) is 0 Å². The summed E-state index contributed by atoms with van der Waals surface area (Å²) in [6.45, 7) is 0. The largest absolute Gasteiger partial charge is 0.357 e. The zero-order valence-electron chi connectivity index (χ0n) is 9.54. The second-order valence-corrected chi connectivity index (χ2v) is 3.62. The van der Waals surface area contributed by atoms with Crippen LogP contribution in [0.3, 0.4) is 0 Å². The van der Waals surface area contributed by atoms with E-state index in [4.69, 9.17) is 0 Å². The van der Waals surface area contributed by atoms with Gasteiger partial charge in [0.25, 0.3) is 11.8 Å². The topological polar surface area (TPSA) is 74.0 Å². The van der Waals surface area contributed by atoms with Crippen LogP contribution in [-0.2, 0) is 0 Å². The fourth-order valence-corrected chi connectivity index (χ4v) is 1.39. The Morgan fingerprint density at radius 3 is 2.42 bits per heavy atom. The molecule has 0 aliphatic carbocycles. The maximum atomic E-state index is 13.3. The summed E-state index contributed by atoms with van der Waals surface area (Å²) in [6.07, 6.45) is 1.54. The number of hydrogen-bond acceptors (Lipinski definition) is 2. The summed E-state index contributed by atoms with van der Waals surface area (Å²) in [4.78, 5) is 25.7. The number of hydrogen-bond donors (Lipinski definition) is 3. The quantitative estimate of drug-likeness (QED) is 0.717. The van der Waals surface area contributed by atoms with Gasteiger partial charge >= 0.3 is 0 Å². The molecule has 2 rings (SSSR count). The molecule has 2 aromatic rings. The normalized spacial score (nSPS) is 10.0. The maximum absolute atomic E-state index is 13.3. The average molecular weight is 265 g/mol. The second kappa shape index (κ2) is 5.30. The number of H-pyrrole nitrogens is 1. The van der Waals surface area contributed by atoms with Crippen molar-refractivity contribution in [1.29, 1.82) is 0 Å². The average Bonchev–Trinajstić information content (AvgIpc) is 2.89. The van der Waals surface area contributed by atoms with Gasteiger partial charge in [0.05, 0.1) is 5.56 Å². The molecule has 0 saturated carbocycles. The molecule has 0 unspecified atom stereocenters. The Labute approximate surface area is 106 Å². The number of carbonyl (C=O) groups excluding carboxylic acids is 2. The van der Waals surface area contributed by atoms with E-state index in [0.29, 0.717) is 6.07 Å². The molecule has 98 valence electrons. The molecule has 0 saturated heterocycles. The zero-order valence-corrected chi connectivity index (χ0v) is 9.54. The van der Waals surface area contributed by atoms with E-state index in [-0.39, 0.29) is 11.3 Å². The third-order valence-corrected chi connectivity index (χ3v) is 2.31. The van der Waals surface area contributed by atoms with Crippen LogP contribution in [0.5, 0.6) is 0 Å². The molecule has 1 aromatic carbocycles. The summed E-state index contributed by atoms with van der Waals surface area (Å²) in [5.74, 6) is -3.26. The zero-order chi connectivity index (χ0) is 13.8. The smallest absolute Gasteiger partial charge is 0.286 e. The highest BCUT2D eigenvalue weighted by atomic mass is 19.1. The summed E-state index contributed by atoms with van der Waals surface area (Å²) in [5.41, 5.74) is 3.99. The van der Waals surface area contributed by atoms with Crippen molar-refractivity contribution in [1.82, 2.24) is 15.8 Å². The molecule has 5 nitrogen and oxygen atoms in total. The van der Waals surface area contributed by atoms with Crippen molar-refractivity contribution in [3.63, 3.8) is 0 Å². The molecule has 0 spiro atoms. The van der Waals surface area contributed by atoms with E-state index in [0.717, 1.165) is 12.1 Å². The first-order valence-corrected chi connectivity index (χ1v) is 5.27. The minimum absolute atomic E-state index is 0.236. The lowest BCUT2D eigenvalue weighted by Crippen LogP contribution is -2.42. The van der Waals surface area contributed by atoms with Crippen molar-refractivity contribution in [2.45, 2.75) is 0 Å². The number of rotatable bonds is 2. The van der Waals surface area contributed by atoms with Gasteiger partial charge in [-0.15, -0.1) is 0 Å². The van der Waals surface area contributed by atoms with Gasteiger partial charge in [0, 0.05) is 12.3 Å². The predicted molar refractivity (Wildman–Crippen MR) is 62.1 cm³/mol. The number of nitrogens with one attached hydrogen (secondary N) is 3. The van der Waals surface area contributed by atoms with Crippen molar-refractivity contribution >= 4 is 11.8 Å². The third kappa shape index (κ3) is 2.95. The van der Waals surface area contributed by atoms with Gasteiger partial charge in [0.2, 0.25) is 0 Å². The minimum Gasteiger partial charge on any atom is -0.357 e. The summed E-state index contributed by atoms with van der Waals surface area (Å²) < 4.78 is 25.9. The number of aromatic nitrogens is 1. The van der Waals surface area contributed by atoms with Gasteiger partial charge in [-0.3, -0.25) is 20.4 Å². The second-order valence-electron chi connectivity index (χ2n) is 3.62. The third-order valence-electron chi connectivity index (χ3n) is 2.31. The molecule has 7 heteroatoms. The Morgan fingerprint density at radius 1 is 1.05 bits per heavy atom. The molecular formula is C12H9F2N3O2. The van der Waals surface area contributed by atoms with Gasteiger partial charge in [-0.25, -0.2) is 8.78 Å². The van der Waals surface area contributed by atoms with E-state index in [1.165, 1.54) is 12.3 Å². The van der Waals surface area contributed by atoms with Gasteiger partial charge in [0.1, 0.15) is 17.3 Å². The van der Waals surface area contributed by atoms with Crippen LogP contribution in [0, 0.1) is 11.6 Å². The Hall–Kier alpha value is -2.70. The molecule has 3 N–H and O–H groups in total. The Morgan fingerprint density at radius 2 is 1.79 bits per heavy atom. The van der Waals surface area contributed by atoms with Gasteiger partial charge in [-0.05, 0) is 24.3 Å². The van der Waals surface area contributed by atoms with Gasteiger partial charge < -0.3 is 4.98 Å². The molecular weight excluding hydrogens is 256 g/mol. The molecule has 0 atom stereocenters. The van der Waals surface area contributed by atoms with Crippen LogP contribution in [0.1, 0.15) is 20.8 Å². The standard InChI is InChI=1S/C12H9F2N3O2/c13-7-3-4-8(9(14)6-7)11(18)16-17-12(19)10-2-1-5-15-10/h1-6,15H,(H,16,18)(H,17,19). The van der Waals surface area contributed by atoms with E-state index in [1.807, 2.05) is 5.43 Å². The van der Waals surface area contributed by atoms with Crippen LogP contribution in [0.25, 0.3) is 0 Å². The number of halogens is 2. The van der Waals surface area contributed by atoms with Crippen LogP contribution in [-0.4, -0.2) is 16.8 Å². The molecule has 0 radical (unpaired) electrons. The lowest BCUT2D eigenvalue weighted by atomic mass is 10.2. The lowest BCUT2D eigenvalue weighted by molar-refractivity contribution is 0.0842. The number of amides is 2.